The molecule has 1 aliphatic rings. The van der Waals surface area contributed by atoms with Crippen molar-refractivity contribution in [1.29, 1.82) is 0 Å². The highest BCUT2D eigenvalue weighted by atomic mass is 35.5. The Labute approximate surface area is 204 Å². The number of halogens is 2. The fourth-order valence-electron chi connectivity index (χ4n) is 4.25. The number of nitrogens with zero attached hydrogens (tertiary/aromatic N) is 2. The molecule has 1 fully saturated rings. The second-order valence-corrected chi connectivity index (χ2v) is 9.15. The molecule has 0 saturated carbocycles. The number of morpholine rings is 1. The average molecular weight is 478 g/mol. The largest absolute Gasteiger partial charge is 0.379 e. The summed E-state index contributed by atoms with van der Waals surface area (Å²) < 4.78 is 5.47. The number of hydrogen-bond donors (Lipinski definition) is 1. The molecule has 5 rings (SSSR count). The minimum atomic E-state index is -0.0408. The van der Waals surface area contributed by atoms with E-state index in [4.69, 9.17) is 27.9 Å². The van der Waals surface area contributed by atoms with E-state index in [0.29, 0.717) is 5.02 Å². The maximum Gasteiger partial charge on any atom is 0.0767 e. The third-order valence-electron chi connectivity index (χ3n) is 6.03. The molecule has 6 heteroatoms. The first kappa shape index (κ1) is 22.2. The van der Waals surface area contributed by atoms with E-state index in [1.54, 1.807) is 0 Å². The Kier molecular flexibility index (Phi) is 6.79. The number of hydrogen-bond acceptors (Lipinski definition) is 4. The minimum Gasteiger partial charge on any atom is -0.379 e. The maximum absolute atomic E-state index is 6.18. The lowest BCUT2D eigenvalue weighted by Gasteiger charge is -2.27. The molecule has 0 amide bonds. The Hall–Kier alpha value is -2.63. The molecule has 0 bridgehead atoms. The van der Waals surface area contributed by atoms with Crippen LogP contribution >= 0.6 is 23.2 Å². The molecule has 1 N–H and O–H groups in total. The molecule has 0 radical (unpaired) electrons. The van der Waals surface area contributed by atoms with Crippen LogP contribution in [-0.4, -0.2) is 36.2 Å². The summed E-state index contributed by atoms with van der Waals surface area (Å²) in [7, 11) is 0. The molecule has 168 valence electrons. The average Bonchev–Trinajstić information content (AvgIpc) is 2.84. The first-order valence-electron chi connectivity index (χ1n) is 11.1. The number of anilines is 1. The Morgan fingerprint density at radius 3 is 2.24 bits per heavy atom. The minimum absolute atomic E-state index is 0.0408. The SMILES string of the molecule is Clc1ccc(C(Nc2ccnc3cc(Cl)ccc23)c2ccc(CN3CCOCC3)cc2)cc1. The molecule has 2 heterocycles. The first-order valence-corrected chi connectivity index (χ1v) is 11.9. The fourth-order valence-corrected chi connectivity index (χ4v) is 4.54. The van der Waals surface area contributed by atoms with Gasteiger partial charge in [-0.25, -0.2) is 0 Å². The van der Waals surface area contributed by atoms with Crippen molar-refractivity contribution >= 4 is 39.8 Å². The first-order chi connectivity index (χ1) is 16.2. The Morgan fingerprint density at radius 1 is 0.848 bits per heavy atom. The van der Waals surface area contributed by atoms with Crippen molar-refractivity contribution in [3.05, 3.63) is 106 Å². The Bertz CT molecular complexity index is 1220. The van der Waals surface area contributed by atoms with Crippen LogP contribution in [0.2, 0.25) is 10.0 Å². The highest BCUT2D eigenvalue weighted by Crippen LogP contribution is 2.32. The van der Waals surface area contributed by atoms with Gasteiger partial charge in [0.2, 0.25) is 0 Å². The van der Waals surface area contributed by atoms with Crippen molar-refractivity contribution in [2.24, 2.45) is 0 Å². The van der Waals surface area contributed by atoms with Gasteiger partial charge in [0.05, 0.1) is 24.8 Å². The molecule has 1 unspecified atom stereocenters. The highest BCUT2D eigenvalue weighted by Gasteiger charge is 2.17. The second kappa shape index (κ2) is 10.1. The summed E-state index contributed by atoms with van der Waals surface area (Å²) in [6.45, 7) is 4.53. The molecule has 0 aliphatic carbocycles. The zero-order chi connectivity index (χ0) is 22.6. The monoisotopic (exact) mass is 477 g/mol. The van der Waals surface area contributed by atoms with Gasteiger partial charge in [-0.05, 0) is 53.1 Å². The van der Waals surface area contributed by atoms with Crippen LogP contribution in [0, 0.1) is 0 Å². The molecule has 3 aromatic carbocycles. The van der Waals surface area contributed by atoms with Gasteiger partial charge >= 0.3 is 0 Å². The third-order valence-corrected chi connectivity index (χ3v) is 6.52. The lowest BCUT2D eigenvalue weighted by Crippen LogP contribution is -2.35. The summed E-state index contributed by atoms with van der Waals surface area (Å²) in [6, 6.07) is 24.6. The number of pyridine rings is 1. The summed E-state index contributed by atoms with van der Waals surface area (Å²) in [4.78, 5) is 6.91. The van der Waals surface area contributed by atoms with E-state index in [1.807, 2.05) is 42.6 Å². The van der Waals surface area contributed by atoms with E-state index in [9.17, 15) is 0 Å². The van der Waals surface area contributed by atoms with Crippen molar-refractivity contribution in [2.75, 3.05) is 31.6 Å². The number of ether oxygens (including phenoxy) is 1. The Balaban J connectivity index is 1.46. The van der Waals surface area contributed by atoms with Gasteiger partial charge in [-0.1, -0.05) is 59.6 Å². The molecule has 1 aliphatic heterocycles. The predicted octanol–water partition coefficient (Wildman–Crippen LogP) is 6.58. The van der Waals surface area contributed by atoms with Crippen LogP contribution in [0.1, 0.15) is 22.7 Å². The molecule has 1 saturated heterocycles. The molecule has 4 nitrogen and oxygen atoms in total. The van der Waals surface area contributed by atoms with Crippen LogP contribution in [0.3, 0.4) is 0 Å². The summed E-state index contributed by atoms with van der Waals surface area (Å²) in [5.41, 5.74) is 5.50. The molecular formula is C27H25Cl2N3O. The molecule has 4 aromatic rings. The zero-order valence-electron chi connectivity index (χ0n) is 18.2. The van der Waals surface area contributed by atoms with Gasteiger partial charge in [0, 0.05) is 46.9 Å². The predicted molar refractivity (Wildman–Crippen MR) is 136 cm³/mol. The van der Waals surface area contributed by atoms with Crippen LogP contribution in [0.25, 0.3) is 10.9 Å². The molecule has 33 heavy (non-hydrogen) atoms. The third kappa shape index (κ3) is 5.31. The number of fused-ring (bicyclic) bond motifs is 1. The highest BCUT2D eigenvalue weighted by molar-refractivity contribution is 6.31. The van der Waals surface area contributed by atoms with Crippen LogP contribution in [-0.2, 0) is 11.3 Å². The van der Waals surface area contributed by atoms with Gasteiger partial charge in [0.1, 0.15) is 0 Å². The number of nitrogens with one attached hydrogen (secondary N) is 1. The van der Waals surface area contributed by atoms with Gasteiger partial charge in [0.15, 0.2) is 0 Å². The quantitative estimate of drug-likeness (QED) is 0.340. The standard InChI is InChI=1S/C27H25Cl2N3O/c28-22-7-5-21(6-8-22)27(31-25-11-12-30-26-17-23(29)9-10-24(25)26)20-3-1-19(2-4-20)18-32-13-15-33-16-14-32/h1-12,17,27H,13-16,18H2,(H,30,31). The summed E-state index contributed by atoms with van der Waals surface area (Å²) in [5.74, 6) is 0. The molecular weight excluding hydrogens is 453 g/mol. The second-order valence-electron chi connectivity index (χ2n) is 8.28. The van der Waals surface area contributed by atoms with Crippen molar-refractivity contribution in [2.45, 2.75) is 12.6 Å². The van der Waals surface area contributed by atoms with Crippen molar-refractivity contribution in [1.82, 2.24) is 9.88 Å². The summed E-state index contributed by atoms with van der Waals surface area (Å²) in [5, 5.41) is 6.18. The topological polar surface area (TPSA) is 37.4 Å². The molecule has 1 aromatic heterocycles. The van der Waals surface area contributed by atoms with Crippen molar-refractivity contribution in [3.63, 3.8) is 0 Å². The van der Waals surface area contributed by atoms with E-state index >= 15 is 0 Å². The molecule has 1 atom stereocenters. The van der Waals surface area contributed by atoms with E-state index < -0.39 is 0 Å². The van der Waals surface area contributed by atoms with Gasteiger partial charge in [-0.3, -0.25) is 9.88 Å². The fraction of sp³-hybridized carbons (Fsp3) is 0.222. The normalized spacial score (nSPS) is 15.5. The van der Waals surface area contributed by atoms with Crippen LogP contribution in [0.5, 0.6) is 0 Å². The summed E-state index contributed by atoms with van der Waals surface area (Å²) >= 11 is 12.4. The van der Waals surface area contributed by atoms with Crippen LogP contribution in [0.15, 0.2) is 79.0 Å². The van der Waals surface area contributed by atoms with E-state index in [1.165, 1.54) is 11.1 Å². The lowest BCUT2D eigenvalue weighted by atomic mass is 9.97. The zero-order valence-corrected chi connectivity index (χ0v) is 19.7. The van der Waals surface area contributed by atoms with E-state index in [-0.39, 0.29) is 6.04 Å². The van der Waals surface area contributed by atoms with Gasteiger partial charge in [-0.2, -0.15) is 0 Å². The lowest BCUT2D eigenvalue weighted by molar-refractivity contribution is 0.0342. The maximum atomic E-state index is 6.18. The molecule has 0 spiro atoms. The smallest absolute Gasteiger partial charge is 0.0767 e. The Morgan fingerprint density at radius 2 is 1.52 bits per heavy atom. The number of aromatic nitrogens is 1. The van der Waals surface area contributed by atoms with E-state index in [2.05, 4.69) is 51.6 Å². The van der Waals surface area contributed by atoms with Gasteiger partial charge in [0.25, 0.3) is 0 Å². The number of rotatable bonds is 6. The summed E-state index contributed by atoms with van der Waals surface area (Å²) in [6.07, 6.45) is 1.81. The van der Waals surface area contributed by atoms with Crippen LogP contribution in [0.4, 0.5) is 5.69 Å². The van der Waals surface area contributed by atoms with Gasteiger partial charge < -0.3 is 10.1 Å². The van der Waals surface area contributed by atoms with Gasteiger partial charge in [-0.15, -0.1) is 0 Å². The van der Waals surface area contributed by atoms with Crippen LogP contribution < -0.4 is 5.32 Å². The van der Waals surface area contributed by atoms with Crippen molar-refractivity contribution in [3.8, 4) is 0 Å². The van der Waals surface area contributed by atoms with E-state index in [0.717, 1.165) is 60.0 Å². The van der Waals surface area contributed by atoms with Crippen molar-refractivity contribution < 1.29 is 4.74 Å². The number of benzene rings is 3.